The smallest absolute Gasteiger partial charge is 0.322 e. The molecule has 1 aromatic rings. The summed E-state index contributed by atoms with van der Waals surface area (Å²) in [6.07, 6.45) is -0.266. The molecule has 0 radical (unpaired) electrons. The monoisotopic (exact) mass is 340 g/mol. The number of nitrogens with one attached hydrogen (secondary N) is 1. The van der Waals surface area contributed by atoms with Gasteiger partial charge in [-0.05, 0) is 37.3 Å². The van der Waals surface area contributed by atoms with Gasteiger partial charge in [0.05, 0.1) is 19.3 Å². The maximum atomic E-state index is 12.6. The number of carbonyl (C=O) groups excluding carboxylic acids is 1. The Balaban J connectivity index is 1.65. The second kappa shape index (κ2) is 7.34. The van der Waals surface area contributed by atoms with Crippen LogP contribution in [0.25, 0.3) is 0 Å². The first-order valence-corrected chi connectivity index (χ1v) is 8.21. The third-order valence-electron chi connectivity index (χ3n) is 4.40. The Kier molecular flexibility index (Phi) is 5.18. The summed E-state index contributed by atoms with van der Waals surface area (Å²) in [7, 11) is 0. The summed E-state index contributed by atoms with van der Waals surface area (Å²) in [5.74, 6) is 0.882. The lowest BCUT2D eigenvalue weighted by Crippen LogP contribution is -2.51. The van der Waals surface area contributed by atoms with Gasteiger partial charge in [-0.3, -0.25) is 0 Å². The first-order chi connectivity index (χ1) is 11.5. The summed E-state index contributed by atoms with van der Waals surface area (Å²) in [5.41, 5.74) is 1.28. The normalized spacial score (nSPS) is 21.0. The molecular formula is C17H22F2N2O3. The molecule has 0 bridgehead atoms. The number of carbonyl (C=O) groups is 1. The highest BCUT2D eigenvalue weighted by Gasteiger charge is 2.39. The number of morpholine rings is 1. The number of rotatable bonds is 5. The van der Waals surface area contributed by atoms with Gasteiger partial charge in [-0.15, -0.1) is 0 Å². The number of hydrogen-bond donors (Lipinski definition) is 1. The van der Waals surface area contributed by atoms with E-state index < -0.39 is 13.0 Å². The van der Waals surface area contributed by atoms with Gasteiger partial charge in [0.1, 0.15) is 12.4 Å². The molecule has 1 saturated heterocycles. The standard InChI is InChI=1S/C17H22F2N2O3/c1-11-2-5-13(8-15(11)24-10-16(18)19)20-17(22)21-6-7-23-9-14(21)12-3-4-12/h2,5,8,12,14,16H,3-4,6-7,9-10H2,1H3,(H,20,22). The number of nitrogens with zero attached hydrogens (tertiary/aromatic N) is 1. The first-order valence-electron chi connectivity index (χ1n) is 8.21. The molecule has 0 spiro atoms. The minimum Gasteiger partial charge on any atom is -0.487 e. The van der Waals surface area contributed by atoms with Gasteiger partial charge in [0.2, 0.25) is 0 Å². The fraction of sp³-hybridized carbons (Fsp3) is 0.588. The third kappa shape index (κ3) is 4.14. The summed E-state index contributed by atoms with van der Waals surface area (Å²) in [4.78, 5) is 14.4. The number of aryl methyl sites for hydroxylation is 1. The van der Waals surface area contributed by atoms with Crippen molar-refractivity contribution in [1.82, 2.24) is 4.90 Å². The van der Waals surface area contributed by atoms with Crippen LogP contribution in [0, 0.1) is 12.8 Å². The van der Waals surface area contributed by atoms with Crippen LogP contribution in [0.2, 0.25) is 0 Å². The lowest BCUT2D eigenvalue weighted by molar-refractivity contribution is 0.00772. The number of hydrogen-bond acceptors (Lipinski definition) is 3. The maximum Gasteiger partial charge on any atom is 0.322 e. The van der Waals surface area contributed by atoms with Crippen molar-refractivity contribution in [2.24, 2.45) is 5.92 Å². The molecule has 5 nitrogen and oxygen atoms in total. The molecular weight excluding hydrogens is 318 g/mol. The van der Waals surface area contributed by atoms with Crippen LogP contribution in [0.15, 0.2) is 18.2 Å². The largest absolute Gasteiger partial charge is 0.487 e. The van der Waals surface area contributed by atoms with Gasteiger partial charge in [0, 0.05) is 18.3 Å². The highest BCUT2D eigenvalue weighted by atomic mass is 19.3. The summed E-state index contributed by atoms with van der Waals surface area (Å²) >= 11 is 0. The molecule has 3 rings (SSSR count). The number of halogens is 2. The highest BCUT2D eigenvalue weighted by molar-refractivity contribution is 5.90. The molecule has 1 saturated carbocycles. The number of anilines is 1. The van der Waals surface area contributed by atoms with Gasteiger partial charge in [-0.1, -0.05) is 6.07 Å². The minimum atomic E-state index is -2.53. The van der Waals surface area contributed by atoms with Gasteiger partial charge < -0.3 is 19.7 Å². The Morgan fingerprint density at radius 1 is 1.46 bits per heavy atom. The molecule has 0 aromatic heterocycles. The zero-order valence-corrected chi connectivity index (χ0v) is 13.6. The molecule has 1 N–H and O–H groups in total. The van der Waals surface area contributed by atoms with Gasteiger partial charge in [0.25, 0.3) is 6.43 Å². The van der Waals surface area contributed by atoms with E-state index in [1.807, 2.05) is 4.90 Å². The second-order valence-corrected chi connectivity index (χ2v) is 6.29. The summed E-state index contributed by atoms with van der Waals surface area (Å²) in [6.45, 7) is 2.79. The van der Waals surface area contributed by atoms with E-state index in [0.717, 1.165) is 18.4 Å². The zero-order chi connectivity index (χ0) is 17.1. The number of ether oxygens (including phenoxy) is 2. The van der Waals surface area contributed by atoms with Gasteiger partial charge in [0.15, 0.2) is 0 Å². The van der Waals surface area contributed by atoms with Crippen molar-refractivity contribution in [2.45, 2.75) is 32.2 Å². The molecule has 2 fully saturated rings. The molecule has 2 amide bonds. The minimum absolute atomic E-state index is 0.124. The lowest BCUT2D eigenvalue weighted by Gasteiger charge is -2.35. The Morgan fingerprint density at radius 2 is 2.25 bits per heavy atom. The number of alkyl halides is 2. The quantitative estimate of drug-likeness (QED) is 0.895. The van der Waals surface area contributed by atoms with Gasteiger partial charge in [-0.2, -0.15) is 0 Å². The van der Waals surface area contributed by atoms with Crippen LogP contribution in [0.4, 0.5) is 19.3 Å². The van der Waals surface area contributed by atoms with Crippen molar-refractivity contribution in [3.05, 3.63) is 23.8 Å². The first kappa shape index (κ1) is 17.0. The van der Waals surface area contributed by atoms with Crippen LogP contribution in [-0.4, -0.2) is 49.8 Å². The second-order valence-electron chi connectivity index (χ2n) is 6.29. The average molecular weight is 340 g/mol. The summed E-state index contributed by atoms with van der Waals surface area (Å²) in [6, 6.07) is 5.02. The molecule has 2 aliphatic rings. The van der Waals surface area contributed by atoms with Crippen molar-refractivity contribution in [2.75, 3.05) is 31.7 Å². The fourth-order valence-electron chi connectivity index (χ4n) is 2.93. The molecule has 132 valence electrons. The maximum absolute atomic E-state index is 12.6. The zero-order valence-electron chi connectivity index (χ0n) is 13.6. The van der Waals surface area contributed by atoms with E-state index >= 15 is 0 Å². The average Bonchev–Trinajstić information content (AvgIpc) is 3.40. The lowest BCUT2D eigenvalue weighted by atomic mass is 10.1. The molecule has 1 aliphatic carbocycles. The number of benzene rings is 1. The Labute approximate surface area is 139 Å². The topological polar surface area (TPSA) is 50.8 Å². The van der Waals surface area contributed by atoms with Gasteiger partial charge in [-0.25, -0.2) is 13.6 Å². The molecule has 1 aliphatic heterocycles. The number of urea groups is 1. The van der Waals surface area contributed by atoms with Crippen LogP contribution in [-0.2, 0) is 4.74 Å². The molecule has 1 heterocycles. The van der Waals surface area contributed by atoms with E-state index in [1.165, 1.54) is 0 Å². The van der Waals surface area contributed by atoms with E-state index in [-0.39, 0.29) is 12.1 Å². The van der Waals surface area contributed by atoms with E-state index in [1.54, 1.807) is 25.1 Å². The van der Waals surface area contributed by atoms with Crippen molar-refractivity contribution in [1.29, 1.82) is 0 Å². The van der Waals surface area contributed by atoms with E-state index in [0.29, 0.717) is 37.1 Å². The third-order valence-corrected chi connectivity index (χ3v) is 4.40. The Hall–Kier alpha value is -1.89. The Bertz CT molecular complexity index is 593. The van der Waals surface area contributed by atoms with Crippen molar-refractivity contribution >= 4 is 11.7 Å². The van der Waals surface area contributed by atoms with Crippen LogP contribution in [0.1, 0.15) is 18.4 Å². The Morgan fingerprint density at radius 3 is 2.96 bits per heavy atom. The molecule has 7 heteroatoms. The predicted molar refractivity (Wildman–Crippen MR) is 85.7 cm³/mol. The predicted octanol–water partition coefficient (Wildman–Crippen LogP) is 3.28. The summed E-state index contributed by atoms with van der Waals surface area (Å²) < 4.78 is 35.2. The van der Waals surface area contributed by atoms with Gasteiger partial charge >= 0.3 is 6.03 Å². The molecule has 1 aromatic carbocycles. The van der Waals surface area contributed by atoms with Crippen LogP contribution in [0.3, 0.4) is 0 Å². The van der Waals surface area contributed by atoms with E-state index in [4.69, 9.17) is 9.47 Å². The van der Waals surface area contributed by atoms with E-state index in [9.17, 15) is 13.6 Å². The van der Waals surface area contributed by atoms with Crippen LogP contribution in [0.5, 0.6) is 5.75 Å². The van der Waals surface area contributed by atoms with Crippen molar-refractivity contribution in [3.63, 3.8) is 0 Å². The molecule has 1 atom stereocenters. The SMILES string of the molecule is Cc1ccc(NC(=O)N2CCOCC2C2CC2)cc1OCC(F)F. The summed E-state index contributed by atoms with van der Waals surface area (Å²) in [5, 5.41) is 2.84. The van der Waals surface area contributed by atoms with Crippen LogP contribution < -0.4 is 10.1 Å². The molecule has 24 heavy (non-hydrogen) atoms. The van der Waals surface area contributed by atoms with E-state index in [2.05, 4.69) is 5.32 Å². The fourth-order valence-corrected chi connectivity index (χ4v) is 2.93. The number of amides is 2. The highest BCUT2D eigenvalue weighted by Crippen LogP contribution is 2.36. The van der Waals surface area contributed by atoms with Crippen molar-refractivity contribution in [3.8, 4) is 5.75 Å². The molecule has 1 unspecified atom stereocenters. The van der Waals surface area contributed by atoms with Crippen molar-refractivity contribution < 1.29 is 23.0 Å². The van der Waals surface area contributed by atoms with Crippen LogP contribution >= 0.6 is 0 Å².